The van der Waals surface area contributed by atoms with E-state index < -0.39 is 102 Å². The molecular formula is C49H72N8O11. The molecule has 0 heterocycles. The summed E-state index contributed by atoms with van der Waals surface area (Å²) in [7, 11) is 8.41. The van der Waals surface area contributed by atoms with Gasteiger partial charge in [-0.3, -0.25) is 43.3 Å². The summed E-state index contributed by atoms with van der Waals surface area (Å²) in [5.41, 5.74) is 2.62. The van der Waals surface area contributed by atoms with Gasteiger partial charge in [0.15, 0.2) is 0 Å². The van der Waals surface area contributed by atoms with Crippen LogP contribution in [0.5, 0.6) is 0 Å². The van der Waals surface area contributed by atoms with Crippen LogP contribution in [-0.2, 0) is 43.1 Å². The van der Waals surface area contributed by atoms with Gasteiger partial charge in [-0.15, -0.1) is 0 Å². The van der Waals surface area contributed by atoms with E-state index in [4.69, 9.17) is 4.74 Å². The molecule has 68 heavy (non-hydrogen) atoms. The summed E-state index contributed by atoms with van der Waals surface area (Å²) in [6, 6.07) is 10.2. The SMILES string of the molecule is CC(C)C[C@H](NC(=O)[C@H](C)N(C)C(=O)OCC1c2ccccc2-c2ccccc21)C(=O)N(C)[C@@H](CC(C)C)C(=O)N(C)[C@@H](C)C(=O)NCC(=O)NC(C)(C)C(=O)N(C)[C@@H](CC(=O)O)C(=O)N(C)C. The van der Waals surface area contributed by atoms with E-state index >= 15 is 0 Å². The summed E-state index contributed by atoms with van der Waals surface area (Å²) < 4.78 is 5.77. The number of nitrogens with one attached hydrogen (secondary N) is 3. The molecule has 5 atom stereocenters. The molecule has 2 aromatic rings. The third-order valence-electron chi connectivity index (χ3n) is 12.3. The molecule has 3 rings (SSSR count). The Labute approximate surface area is 400 Å². The smallest absolute Gasteiger partial charge is 0.410 e. The Morgan fingerprint density at radius 3 is 1.66 bits per heavy atom. The lowest BCUT2D eigenvalue weighted by Crippen LogP contribution is -2.61. The number of benzene rings is 2. The average molecular weight is 949 g/mol. The van der Waals surface area contributed by atoms with Gasteiger partial charge in [-0.05, 0) is 74.6 Å². The Balaban J connectivity index is 1.66. The Morgan fingerprint density at radius 2 is 1.16 bits per heavy atom. The molecule has 8 amide bonds. The number of carboxylic acid groups (broad SMARTS) is 1. The van der Waals surface area contributed by atoms with Crippen LogP contribution in [0.4, 0.5) is 4.79 Å². The molecule has 374 valence electrons. The second kappa shape index (κ2) is 24.0. The van der Waals surface area contributed by atoms with Crippen molar-refractivity contribution in [2.24, 2.45) is 11.8 Å². The van der Waals surface area contributed by atoms with Gasteiger partial charge in [0, 0.05) is 48.2 Å². The molecule has 0 fully saturated rings. The highest BCUT2D eigenvalue weighted by molar-refractivity contribution is 5.98. The number of ether oxygens (including phenoxy) is 1. The molecule has 2 aromatic carbocycles. The number of carbonyl (C=O) groups is 9. The third kappa shape index (κ3) is 14.0. The lowest BCUT2D eigenvalue weighted by molar-refractivity contribution is -0.151. The summed E-state index contributed by atoms with van der Waals surface area (Å²) in [6.45, 7) is 12.7. The predicted octanol–water partition coefficient (Wildman–Crippen LogP) is 2.91. The molecule has 0 saturated carbocycles. The van der Waals surface area contributed by atoms with Crippen LogP contribution in [0.1, 0.15) is 91.7 Å². The Kier molecular flexibility index (Phi) is 19.7. The van der Waals surface area contributed by atoms with Crippen molar-refractivity contribution in [1.82, 2.24) is 40.4 Å². The van der Waals surface area contributed by atoms with Crippen LogP contribution in [-0.4, -0.2) is 174 Å². The van der Waals surface area contributed by atoms with E-state index in [1.807, 2.05) is 76.2 Å². The number of aliphatic carboxylic acids is 1. The van der Waals surface area contributed by atoms with Gasteiger partial charge in [0.25, 0.3) is 0 Å². The molecule has 19 nitrogen and oxygen atoms in total. The fourth-order valence-electron chi connectivity index (χ4n) is 8.08. The highest BCUT2D eigenvalue weighted by atomic mass is 16.6. The zero-order chi connectivity index (χ0) is 51.5. The normalized spacial score (nSPS) is 14.2. The summed E-state index contributed by atoms with van der Waals surface area (Å²) in [6.07, 6.45) is -0.959. The van der Waals surface area contributed by atoms with Gasteiger partial charge < -0.3 is 45.4 Å². The maximum atomic E-state index is 14.3. The minimum absolute atomic E-state index is 0.0559. The minimum Gasteiger partial charge on any atom is -0.481 e. The Morgan fingerprint density at radius 1 is 0.647 bits per heavy atom. The lowest BCUT2D eigenvalue weighted by atomic mass is 9.98. The van der Waals surface area contributed by atoms with Crippen LogP contribution in [0.15, 0.2) is 48.5 Å². The first-order valence-electron chi connectivity index (χ1n) is 22.8. The van der Waals surface area contributed by atoms with Crippen molar-refractivity contribution in [2.45, 2.75) is 116 Å². The molecule has 0 bridgehead atoms. The van der Waals surface area contributed by atoms with E-state index in [1.54, 1.807) is 0 Å². The fraction of sp³-hybridized carbons (Fsp3) is 0.571. The summed E-state index contributed by atoms with van der Waals surface area (Å²) >= 11 is 0. The number of hydrogen-bond donors (Lipinski definition) is 4. The number of carbonyl (C=O) groups excluding carboxylic acids is 8. The predicted molar refractivity (Wildman–Crippen MR) is 255 cm³/mol. The molecule has 0 spiro atoms. The molecule has 0 saturated heterocycles. The summed E-state index contributed by atoms with van der Waals surface area (Å²) in [5, 5.41) is 17.1. The van der Waals surface area contributed by atoms with Gasteiger partial charge in [-0.2, -0.15) is 0 Å². The zero-order valence-electron chi connectivity index (χ0n) is 42.0. The van der Waals surface area contributed by atoms with Gasteiger partial charge in [0.1, 0.15) is 42.4 Å². The fourth-order valence-corrected chi connectivity index (χ4v) is 8.08. The number of likely N-dealkylation sites (N-methyl/N-ethyl adjacent to an activating group) is 5. The highest BCUT2D eigenvalue weighted by Gasteiger charge is 2.40. The number of rotatable bonds is 22. The molecule has 0 aliphatic heterocycles. The molecule has 19 heteroatoms. The van der Waals surface area contributed by atoms with E-state index in [0.717, 1.165) is 37.0 Å². The van der Waals surface area contributed by atoms with E-state index in [-0.39, 0.29) is 37.2 Å². The molecule has 0 unspecified atom stereocenters. The van der Waals surface area contributed by atoms with Crippen molar-refractivity contribution < 1.29 is 53.0 Å². The molecular weight excluding hydrogens is 877 g/mol. The number of hydrogen-bond acceptors (Lipinski definition) is 10. The monoisotopic (exact) mass is 949 g/mol. The first kappa shape index (κ1) is 55.8. The number of fused-ring (bicyclic) bond motifs is 3. The molecule has 0 radical (unpaired) electrons. The standard InChI is InChI=1S/C49H72N8O11/c1-28(2)23-37(51-43(62)31(6)55(12)48(67)68-27-36-34-21-17-15-19-32(34)33-20-16-18-22-35(33)36)44(63)56(13)38(24-29(3)4)46(65)54(11)30(5)42(61)50-26-40(58)52-49(7,8)47(66)57(14)39(25-41(59)60)45(64)53(9)10/h15-22,28-31,36-39H,23-27H2,1-14H3,(H,50,61)(H,51,62)(H,52,58)(H,59,60)/t30-,31-,37-,38-,39-/m0/s1. The number of nitrogens with zero attached hydrogens (tertiary/aromatic N) is 5. The van der Waals surface area contributed by atoms with Crippen molar-refractivity contribution in [3.05, 3.63) is 59.7 Å². The second-order valence-electron chi connectivity index (χ2n) is 19.2. The first-order chi connectivity index (χ1) is 31.6. The average Bonchev–Trinajstić information content (AvgIpc) is 3.60. The molecule has 0 aromatic heterocycles. The van der Waals surface area contributed by atoms with E-state index in [1.165, 1.54) is 79.8 Å². The third-order valence-corrected chi connectivity index (χ3v) is 12.3. The van der Waals surface area contributed by atoms with E-state index in [9.17, 15) is 48.3 Å². The number of amides is 8. The Hall–Kier alpha value is -6.53. The maximum absolute atomic E-state index is 14.3. The van der Waals surface area contributed by atoms with Gasteiger partial charge in [0.2, 0.25) is 41.4 Å². The maximum Gasteiger partial charge on any atom is 0.410 e. The van der Waals surface area contributed by atoms with Crippen LogP contribution in [0.25, 0.3) is 11.1 Å². The van der Waals surface area contributed by atoms with Crippen molar-refractivity contribution in [3.63, 3.8) is 0 Å². The Bertz CT molecular complexity index is 2150. The van der Waals surface area contributed by atoms with Crippen molar-refractivity contribution in [2.75, 3.05) is 55.4 Å². The van der Waals surface area contributed by atoms with Gasteiger partial charge in [-0.25, -0.2) is 4.79 Å². The van der Waals surface area contributed by atoms with Gasteiger partial charge in [0.05, 0.1) is 13.0 Å². The zero-order valence-corrected chi connectivity index (χ0v) is 42.0. The van der Waals surface area contributed by atoms with Gasteiger partial charge in [-0.1, -0.05) is 76.2 Å². The molecule has 1 aliphatic carbocycles. The minimum atomic E-state index is -1.62. The van der Waals surface area contributed by atoms with Crippen LogP contribution in [0, 0.1) is 11.8 Å². The quantitative estimate of drug-likeness (QED) is 0.134. The second-order valence-corrected chi connectivity index (χ2v) is 19.2. The summed E-state index contributed by atoms with van der Waals surface area (Å²) in [5.74, 6) is -6.23. The van der Waals surface area contributed by atoms with Crippen LogP contribution in [0.3, 0.4) is 0 Å². The lowest BCUT2D eigenvalue weighted by Gasteiger charge is -2.36. The largest absolute Gasteiger partial charge is 0.481 e. The number of carboxylic acids is 1. The van der Waals surface area contributed by atoms with Gasteiger partial charge >= 0.3 is 12.1 Å². The van der Waals surface area contributed by atoms with Crippen molar-refractivity contribution >= 4 is 53.4 Å². The van der Waals surface area contributed by atoms with E-state index in [0.29, 0.717) is 0 Å². The topological polar surface area (TPSA) is 235 Å². The van der Waals surface area contributed by atoms with Crippen molar-refractivity contribution in [3.8, 4) is 11.1 Å². The summed E-state index contributed by atoms with van der Waals surface area (Å²) in [4.78, 5) is 125. The molecule has 1 aliphatic rings. The molecule has 4 N–H and O–H groups in total. The van der Waals surface area contributed by atoms with E-state index in [2.05, 4.69) is 16.0 Å². The van der Waals surface area contributed by atoms with Crippen LogP contribution in [0.2, 0.25) is 0 Å². The van der Waals surface area contributed by atoms with Crippen LogP contribution >= 0.6 is 0 Å². The highest BCUT2D eigenvalue weighted by Crippen LogP contribution is 2.44. The first-order valence-corrected chi connectivity index (χ1v) is 22.8. The van der Waals surface area contributed by atoms with Crippen LogP contribution < -0.4 is 16.0 Å². The van der Waals surface area contributed by atoms with Crippen molar-refractivity contribution in [1.29, 1.82) is 0 Å².